The zero-order valence-electron chi connectivity index (χ0n) is 11.6. The highest BCUT2D eigenvalue weighted by atomic mass is 35.5. The van der Waals surface area contributed by atoms with Gasteiger partial charge in [0.25, 0.3) is 0 Å². The maximum atomic E-state index is 13.4. The highest BCUT2D eigenvalue weighted by Gasteiger charge is 2.31. The molecule has 1 amide bonds. The van der Waals surface area contributed by atoms with Gasteiger partial charge in [0.05, 0.1) is 16.3 Å². The second kappa shape index (κ2) is 7.35. The third-order valence-corrected chi connectivity index (χ3v) is 4.11. The Labute approximate surface area is 142 Å². The largest absolute Gasteiger partial charge is 0.417 e. The summed E-state index contributed by atoms with van der Waals surface area (Å²) in [4.78, 5) is 15.3. The number of anilines is 1. The van der Waals surface area contributed by atoms with Gasteiger partial charge in [-0.25, -0.2) is 13.8 Å². The number of nitrogens with one attached hydrogen (secondary N) is 1. The SMILES string of the molecule is O=C(CSc1ncc(C(F)(F)F)cc1Cl)Nc1c(F)cccc1F. The molecule has 2 rings (SSSR count). The highest BCUT2D eigenvalue weighted by molar-refractivity contribution is 8.00. The van der Waals surface area contributed by atoms with Crippen molar-refractivity contribution in [1.82, 2.24) is 4.98 Å². The predicted molar refractivity (Wildman–Crippen MR) is 80.0 cm³/mol. The molecule has 3 nitrogen and oxygen atoms in total. The molecule has 1 heterocycles. The lowest BCUT2D eigenvalue weighted by molar-refractivity contribution is -0.137. The molecule has 1 aromatic heterocycles. The Morgan fingerprint density at radius 2 is 1.88 bits per heavy atom. The summed E-state index contributed by atoms with van der Waals surface area (Å²) in [5.74, 6) is -2.99. The lowest BCUT2D eigenvalue weighted by Gasteiger charge is -2.09. The lowest BCUT2D eigenvalue weighted by atomic mass is 10.3. The Morgan fingerprint density at radius 3 is 2.42 bits per heavy atom. The van der Waals surface area contributed by atoms with Crippen molar-refractivity contribution in [3.05, 3.63) is 52.7 Å². The summed E-state index contributed by atoms with van der Waals surface area (Å²) >= 11 is 6.43. The molecule has 0 saturated heterocycles. The molecule has 1 aromatic carbocycles. The number of carbonyl (C=O) groups excluding carboxylic acids is 1. The van der Waals surface area contributed by atoms with Crippen molar-refractivity contribution in [3.8, 4) is 0 Å². The number of rotatable bonds is 4. The Balaban J connectivity index is 2.02. The van der Waals surface area contributed by atoms with Crippen LogP contribution in [0.15, 0.2) is 35.5 Å². The van der Waals surface area contributed by atoms with Crippen molar-refractivity contribution in [1.29, 1.82) is 0 Å². The number of hydrogen-bond acceptors (Lipinski definition) is 3. The van der Waals surface area contributed by atoms with E-state index in [0.29, 0.717) is 12.3 Å². The first-order valence-corrected chi connectivity index (χ1v) is 7.64. The minimum atomic E-state index is -4.58. The molecule has 2 aromatic rings. The second-order valence-electron chi connectivity index (χ2n) is 4.44. The van der Waals surface area contributed by atoms with Crippen LogP contribution in [0, 0.1) is 11.6 Å². The molecule has 1 N–H and O–H groups in total. The van der Waals surface area contributed by atoms with Gasteiger partial charge < -0.3 is 5.32 Å². The van der Waals surface area contributed by atoms with Gasteiger partial charge in [-0.15, -0.1) is 0 Å². The summed E-state index contributed by atoms with van der Waals surface area (Å²) in [6, 6.07) is 3.77. The van der Waals surface area contributed by atoms with E-state index in [4.69, 9.17) is 11.6 Å². The van der Waals surface area contributed by atoms with Crippen LogP contribution in [-0.2, 0) is 11.0 Å². The molecule has 24 heavy (non-hydrogen) atoms. The van der Waals surface area contributed by atoms with Crippen LogP contribution in [0.3, 0.4) is 0 Å². The van der Waals surface area contributed by atoms with Gasteiger partial charge in [0, 0.05) is 6.20 Å². The van der Waals surface area contributed by atoms with Crippen LogP contribution in [0.1, 0.15) is 5.56 Å². The molecule has 0 unspecified atom stereocenters. The number of hydrogen-bond donors (Lipinski definition) is 1. The van der Waals surface area contributed by atoms with Crippen molar-refractivity contribution >= 4 is 35.0 Å². The summed E-state index contributed by atoms with van der Waals surface area (Å²) in [5, 5.41) is 1.76. The highest BCUT2D eigenvalue weighted by Crippen LogP contribution is 2.33. The number of pyridine rings is 1. The Hall–Kier alpha value is -1.87. The monoisotopic (exact) mass is 382 g/mol. The normalized spacial score (nSPS) is 11.4. The number of nitrogens with zero attached hydrogens (tertiary/aromatic N) is 1. The van der Waals surface area contributed by atoms with Crippen LogP contribution in [0.2, 0.25) is 5.02 Å². The molecule has 0 radical (unpaired) electrons. The van der Waals surface area contributed by atoms with Crippen LogP contribution in [-0.4, -0.2) is 16.6 Å². The van der Waals surface area contributed by atoms with Gasteiger partial charge in [0.15, 0.2) is 0 Å². The number of amides is 1. The van der Waals surface area contributed by atoms with Gasteiger partial charge in [0.2, 0.25) is 5.91 Å². The Kier molecular flexibility index (Phi) is 5.66. The van der Waals surface area contributed by atoms with Crippen molar-refractivity contribution < 1.29 is 26.7 Å². The zero-order valence-corrected chi connectivity index (χ0v) is 13.2. The van der Waals surface area contributed by atoms with E-state index in [1.165, 1.54) is 0 Å². The second-order valence-corrected chi connectivity index (χ2v) is 5.81. The van der Waals surface area contributed by atoms with Crippen molar-refractivity contribution in [3.63, 3.8) is 0 Å². The zero-order chi connectivity index (χ0) is 17.9. The summed E-state index contributed by atoms with van der Waals surface area (Å²) in [7, 11) is 0. The van der Waals surface area contributed by atoms with Gasteiger partial charge in [-0.3, -0.25) is 4.79 Å². The van der Waals surface area contributed by atoms with E-state index in [9.17, 15) is 26.7 Å². The fourth-order valence-corrected chi connectivity index (χ4v) is 2.61. The molecule has 0 atom stereocenters. The van der Waals surface area contributed by atoms with Crippen molar-refractivity contribution in [2.45, 2.75) is 11.2 Å². The molecule has 0 aliphatic heterocycles. The third kappa shape index (κ3) is 4.57. The van der Waals surface area contributed by atoms with E-state index in [2.05, 4.69) is 4.98 Å². The van der Waals surface area contributed by atoms with E-state index in [0.717, 1.165) is 30.0 Å². The maximum Gasteiger partial charge on any atom is 0.417 e. The number of thioether (sulfide) groups is 1. The molecular formula is C14H8ClF5N2OS. The Bertz CT molecular complexity index is 749. The standard InChI is InChI=1S/C14H8ClF5N2OS/c15-8-4-7(14(18,19)20)5-21-13(8)24-6-11(23)22-12-9(16)2-1-3-10(12)17/h1-5H,6H2,(H,22,23). The lowest BCUT2D eigenvalue weighted by Crippen LogP contribution is -2.16. The quantitative estimate of drug-likeness (QED) is 0.612. The van der Waals surface area contributed by atoms with E-state index >= 15 is 0 Å². The van der Waals surface area contributed by atoms with Crippen LogP contribution in [0.5, 0.6) is 0 Å². The first-order valence-electron chi connectivity index (χ1n) is 6.28. The number of benzene rings is 1. The van der Waals surface area contributed by atoms with E-state index < -0.39 is 35.0 Å². The predicted octanol–water partition coefficient (Wildman–Crippen LogP) is 4.76. The topological polar surface area (TPSA) is 42.0 Å². The summed E-state index contributed by atoms with van der Waals surface area (Å²) in [6.07, 6.45) is -4.00. The molecule has 10 heteroatoms. The van der Waals surface area contributed by atoms with E-state index in [-0.39, 0.29) is 15.8 Å². The van der Waals surface area contributed by atoms with Gasteiger partial charge in [-0.1, -0.05) is 29.4 Å². The van der Waals surface area contributed by atoms with Crippen molar-refractivity contribution in [2.75, 3.05) is 11.1 Å². The van der Waals surface area contributed by atoms with Crippen LogP contribution >= 0.6 is 23.4 Å². The smallest absolute Gasteiger partial charge is 0.320 e. The first kappa shape index (κ1) is 18.5. The van der Waals surface area contributed by atoms with Gasteiger partial charge in [0.1, 0.15) is 22.3 Å². The average molecular weight is 383 g/mol. The number of aromatic nitrogens is 1. The molecule has 0 saturated carbocycles. The Morgan fingerprint density at radius 1 is 1.25 bits per heavy atom. The number of alkyl halides is 3. The number of carbonyl (C=O) groups is 1. The fourth-order valence-electron chi connectivity index (χ4n) is 1.61. The first-order chi connectivity index (χ1) is 11.2. The molecule has 0 spiro atoms. The van der Waals surface area contributed by atoms with Crippen molar-refractivity contribution in [2.24, 2.45) is 0 Å². The third-order valence-electron chi connectivity index (χ3n) is 2.70. The van der Waals surface area contributed by atoms with Gasteiger partial charge in [-0.2, -0.15) is 13.2 Å². The van der Waals surface area contributed by atoms with Crippen LogP contribution in [0.4, 0.5) is 27.6 Å². The number of halogens is 6. The van der Waals surface area contributed by atoms with E-state index in [1.807, 2.05) is 5.32 Å². The molecule has 128 valence electrons. The summed E-state index contributed by atoms with van der Waals surface area (Å²) < 4.78 is 64.3. The minimum Gasteiger partial charge on any atom is -0.320 e. The van der Waals surface area contributed by atoms with Crippen LogP contribution < -0.4 is 5.32 Å². The molecular weight excluding hydrogens is 375 g/mol. The molecule has 0 aliphatic rings. The van der Waals surface area contributed by atoms with E-state index in [1.54, 1.807) is 0 Å². The molecule has 0 bridgehead atoms. The number of para-hydroxylation sites is 1. The summed E-state index contributed by atoms with van der Waals surface area (Å²) in [5.41, 5.74) is -1.62. The average Bonchev–Trinajstić information content (AvgIpc) is 2.49. The van der Waals surface area contributed by atoms with Gasteiger partial charge in [-0.05, 0) is 18.2 Å². The van der Waals surface area contributed by atoms with Crippen LogP contribution in [0.25, 0.3) is 0 Å². The molecule has 0 aliphatic carbocycles. The fraction of sp³-hybridized carbons (Fsp3) is 0.143. The summed E-state index contributed by atoms with van der Waals surface area (Å²) in [6.45, 7) is 0. The van der Waals surface area contributed by atoms with Gasteiger partial charge >= 0.3 is 6.18 Å². The maximum absolute atomic E-state index is 13.4. The molecule has 0 fully saturated rings. The minimum absolute atomic E-state index is 0.00572.